The molecule has 1 fully saturated rings. The van der Waals surface area contributed by atoms with Gasteiger partial charge < -0.3 is 5.11 Å². The van der Waals surface area contributed by atoms with Crippen LogP contribution in [0.3, 0.4) is 0 Å². The third-order valence-electron chi connectivity index (χ3n) is 6.44. The molecule has 2 heterocycles. The molecule has 1 aromatic carbocycles. The first-order valence-corrected chi connectivity index (χ1v) is 11.2. The van der Waals surface area contributed by atoms with Crippen LogP contribution in [0, 0.1) is 5.92 Å². The largest absolute Gasteiger partial charge is 0.481 e. The number of hydrogen-bond acceptors (Lipinski definition) is 3. The van der Waals surface area contributed by atoms with Crippen LogP contribution in [-0.4, -0.2) is 27.5 Å². The maximum atomic E-state index is 13.1. The molecule has 1 saturated heterocycles. The summed E-state index contributed by atoms with van der Waals surface area (Å²) in [6, 6.07) is 5.67. The lowest BCUT2D eigenvalue weighted by Crippen LogP contribution is -2.40. The Morgan fingerprint density at radius 3 is 2.19 bits per heavy atom. The quantitative estimate of drug-likeness (QED) is 0.314. The molecule has 0 unspecified atom stereocenters. The topological polar surface area (TPSA) is 53.4 Å². The average Bonchev–Trinajstić information content (AvgIpc) is 2.79. The van der Waals surface area contributed by atoms with Crippen LogP contribution in [0.4, 0.5) is 26.3 Å². The van der Waals surface area contributed by atoms with E-state index in [2.05, 4.69) is 18.1 Å². The fourth-order valence-corrected chi connectivity index (χ4v) is 4.58. The van der Waals surface area contributed by atoms with Gasteiger partial charge in [-0.25, -0.2) is 0 Å². The Hall–Kier alpha value is -3.14. The first-order chi connectivity index (χ1) is 16.7. The molecule has 2 aromatic rings. The first kappa shape index (κ1) is 27.4. The number of carboxylic acid groups (broad SMARTS) is 1. The zero-order valence-corrected chi connectivity index (χ0v) is 19.5. The molecule has 0 saturated carbocycles. The molecule has 10 heteroatoms. The van der Waals surface area contributed by atoms with Gasteiger partial charge in [0.1, 0.15) is 5.69 Å². The molecule has 1 N–H and O–H groups in total. The number of carbonyl (C=O) groups is 1. The van der Waals surface area contributed by atoms with Crippen LogP contribution >= 0.6 is 0 Å². The third-order valence-corrected chi connectivity index (χ3v) is 6.44. The van der Waals surface area contributed by atoms with Gasteiger partial charge in [0, 0.05) is 18.7 Å². The number of rotatable bonds is 7. The number of piperidine rings is 1. The highest BCUT2D eigenvalue weighted by Crippen LogP contribution is 2.44. The molecule has 3 rings (SSSR count). The van der Waals surface area contributed by atoms with E-state index in [-0.39, 0.29) is 12.3 Å². The number of hydrogen-bond donors (Lipinski definition) is 1. The Morgan fingerprint density at radius 1 is 1.08 bits per heavy atom. The number of nitrogens with zero attached hydrogens (tertiary/aromatic N) is 2. The van der Waals surface area contributed by atoms with Crippen molar-refractivity contribution in [2.45, 2.75) is 50.6 Å². The fraction of sp³-hybridized carbons (Fsp3) is 0.385. The number of likely N-dealkylation sites (tertiary alicyclic amines) is 1. The number of pyridine rings is 1. The van der Waals surface area contributed by atoms with E-state index in [4.69, 9.17) is 0 Å². The maximum absolute atomic E-state index is 13.1. The van der Waals surface area contributed by atoms with E-state index < -0.39 is 41.7 Å². The standard InChI is InChI=1S/C26H26F6N2O2/c1-15(2)16(3)24(19-6-9-22(33-14-19)26(30,31)32)34-11-10-17(13-23(35)36)12-21(34)18-4-7-20(8-5-18)25(27,28)29/h4-9,14,17,21,24H,1,3,10-13H2,2H3,(H,35,36)/t17-,21+,24-/m1/s1. The summed E-state index contributed by atoms with van der Waals surface area (Å²) in [5.74, 6) is -1.20. The molecule has 36 heavy (non-hydrogen) atoms. The van der Waals surface area contributed by atoms with Crippen LogP contribution in [0.5, 0.6) is 0 Å². The fourth-order valence-electron chi connectivity index (χ4n) is 4.58. The molecule has 1 aliphatic heterocycles. The first-order valence-electron chi connectivity index (χ1n) is 11.2. The SMILES string of the molecule is C=C(C)C(=C)[C@H](c1ccc(C(F)(F)F)nc1)N1CC[C@@H](CC(=O)O)C[C@H]1c1ccc(C(F)(F)F)cc1. The summed E-state index contributed by atoms with van der Waals surface area (Å²) in [7, 11) is 0. The van der Waals surface area contributed by atoms with Crippen LogP contribution in [0.15, 0.2) is 66.9 Å². The number of halogens is 6. The third kappa shape index (κ3) is 6.34. The van der Waals surface area contributed by atoms with Crippen molar-refractivity contribution in [3.05, 3.63) is 89.3 Å². The molecule has 0 bridgehead atoms. The summed E-state index contributed by atoms with van der Waals surface area (Å²) in [6.45, 7) is 10.1. The average molecular weight is 512 g/mol. The molecule has 4 nitrogen and oxygen atoms in total. The van der Waals surface area contributed by atoms with Gasteiger partial charge in [0.2, 0.25) is 0 Å². The van der Waals surface area contributed by atoms with Crippen LogP contribution in [0.1, 0.15) is 60.7 Å². The van der Waals surface area contributed by atoms with Crippen LogP contribution in [-0.2, 0) is 17.1 Å². The molecule has 0 spiro atoms. The predicted molar refractivity (Wildman–Crippen MR) is 122 cm³/mol. The number of carboxylic acids is 1. The lowest BCUT2D eigenvalue weighted by molar-refractivity contribution is -0.141. The summed E-state index contributed by atoms with van der Waals surface area (Å²) >= 11 is 0. The Balaban J connectivity index is 2.06. The second kappa shape index (κ2) is 10.5. The van der Waals surface area contributed by atoms with E-state index in [1.165, 1.54) is 18.2 Å². The molecule has 194 valence electrons. The molecular weight excluding hydrogens is 486 g/mol. The highest BCUT2D eigenvalue weighted by molar-refractivity contribution is 5.67. The zero-order valence-electron chi connectivity index (χ0n) is 19.5. The second-order valence-electron chi connectivity index (χ2n) is 9.04. The van der Waals surface area contributed by atoms with Gasteiger partial charge in [0.25, 0.3) is 0 Å². The lowest BCUT2D eigenvalue weighted by Gasteiger charge is -2.45. The van der Waals surface area contributed by atoms with Gasteiger partial charge in [-0.05, 0) is 67.1 Å². The molecular formula is C26H26F6N2O2. The number of alkyl halides is 6. The molecule has 0 amide bonds. The van der Waals surface area contributed by atoms with Crippen LogP contribution in [0.25, 0.3) is 0 Å². The summed E-state index contributed by atoms with van der Waals surface area (Å²) < 4.78 is 78.6. The van der Waals surface area contributed by atoms with E-state index >= 15 is 0 Å². The summed E-state index contributed by atoms with van der Waals surface area (Å²) in [6.07, 6.45) is -7.28. The van der Waals surface area contributed by atoms with Crippen molar-refractivity contribution in [2.75, 3.05) is 6.54 Å². The predicted octanol–water partition coefficient (Wildman–Crippen LogP) is 7.22. The van der Waals surface area contributed by atoms with Crippen molar-refractivity contribution in [1.82, 2.24) is 9.88 Å². The van der Waals surface area contributed by atoms with E-state index in [0.717, 1.165) is 24.4 Å². The van der Waals surface area contributed by atoms with Crippen LogP contribution < -0.4 is 0 Å². The van der Waals surface area contributed by atoms with Crippen LogP contribution in [0.2, 0.25) is 0 Å². The molecule has 0 aliphatic carbocycles. The second-order valence-corrected chi connectivity index (χ2v) is 9.04. The summed E-state index contributed by atoms with van der Waals surface area (Å²) in [4.78, 5) is 16.9. The Bertz CT molecular complexity index is 1110. The van der Waals surface area contributed by atoms with Crippen molar-refractivity contribution in [2.24, 2.45) is 5.92 Å². The van der Waals surface area contributed by atoms with Crippen molar-refractivity contribution >= 4 is 5.97 Å². The van der Waals surface area contributed by atoms with E-state index in [1.54, 1.807) is 6.92 Å². The minimum absolute atomic E-state index is 0.0983. The van der Waals surface area contributed by atoms with E-state index in [1.807, 2.05) is 4.90 Å². The highest BCUT2D eigenvalue weighted by Gasteiger charge is 2.38. The normalized spacial score (nSPS) is 20.1. The Labute approximate surface area is 205 Å². The maximum Gasteiger partial charge on any atom is 0.433 e. The highest BCUT2D eigenvalue weighted by atomic mass is 19.4. The number of aromatic nitrogens is 1. The van der Waals surface area contributed by atoms with Crippen molar-refractivity contribution in [3.8, 4) is 0 Å². The zero-order chi connectivity index (χ0) is 26.8. The van der Waals surface area contributed by atoms with Gasteiger partial charge in [0.05, 0.1) is 11.6 Å². The van der Waals surface area contributed by atoms with Gasteiger partial charge in [-0.2, -0.15) is 26.3 Å². The molecule has 3 atom stereocenters. The monoisotopic (exact) mass is 512 g/mol. The minimum atomic E-state index is -4.61. The minimum Gasteiger partial charge on any atom is -0.481 e. The summed E-state index contributed by atoms with van der Waals surface area (Å²) in [5, 5.41) is 9.29. The van der Waals surface area contributed by atoms with Gasteiger partial charge in [-0.1, -0.05) is 36.9 Å². The summed E-state index contributed by atoms with van der Waals surface area (Å²) in [5.41, 5.74) is 0.196. The number of aliphatic carboxylic acids is 1. The smallest absolute Gasteiger partial charge is 0.433 e. The molecule has 0 radical (unpaired) electrons. The van der Waals surface area contributed by atoms with Crippen molar-refractivity contribution < 1.29 is 36.2 Å². The van der Waals surface area contributed by atoms with E-state index in [0.29, 0.717) is 41.7 Å². The molecule has 1 aliphatic rings. The van der Waals surface area contributed by atoms with Gasteiger partial charge in [-0.15, -0.1) is 0 Å². The van der Waals surface area contributed by atoms with Gasteiger partial charge >= 0.3 is 18.3 Å². The van der Waals surface area contributed by atoms with Gasteiger partial charge in [-0.3, -0.25) is 14.7 Å². The lowest BCUT2D eigenvalue weighted by atomic mass is 9.82. The Kier molecular flexibility index (Phi) is 7.97. The van der Waals surface area contributed by atoms with Crippen molar-refractivity contribution in [1.29, 1.82) is 0 Å². The van der Waals surface area contributed by atoms with Gasteiger partial charge in [0.15, 0.2) is 0 Å². The van der Waals surface area contributed by atoms with E-state index in [9.17, 15) is 36.2 Å². The van der Waals surface area contributed by atoms with Crippen molar-refractivity contribution in [3.63, 3.8) is 0 Å². The number of benzene rings is 1. The molecule has 1 aromatic heterocycles. The Morgan fingerprint density at radius 2 is 1.72 bits per heavy atom.